The Hall–Kier alpha value is -0.940. The summed E-state index contributed by atoms with van der Waals surface area (Å²) in [6.45, 7) is 4.46. The predicted octanol–water partition coefficient (Wildman–Crippen LogP) is 1.91. The molecule has 0 unspecified atom stereocenters. The zero-order valence-electron chi connectivity index (χ0n) is 10.8. The highest BCUT2D eigenvalue weighted by atomic mass is 79.9. The maximum Gasteiger partial charge on any atom is 0.227 e. The number of benzene rings is 1. The van der Waals surface area contributed by atoms with Crippen molar-refractivity contribution in [2.24, 2.45) is 0 Å². The summed E-state index contributed by atoms with van der Waals surface area (Å²) in [4.78, 5) is 16.4. The molecular weight excluding hydrogens is 311 g/mol. The Morgan fingerprint density at radius 2 is 1.79 bits per heavy atom. The first-order valence-electron chi connectivity index (χ1n) is 6.49. The molecule has 1 aliphatic rings. The Balaban J connectivity index is 1.83. The van der Waals surface area contributed by atoms with Gasteiger partial charge in [0.15, 0.2) is 0 Å². The topological polar surface area (TPSA) is 23.6 Å². The molecule has 1 heterocycles. The first kappa shape index (κ1) is 14.5. The van der Waals surface area contributed by atoms with Crippen molar-refractivity contribution in [3.63, 3.8) is 0 Å². The fourth-order valence-corrected chi connectivity index (χ4v) is 2.73. The largest absolute Gasteiger partial charge is 0.340 e. The molecular formula is C14H18BrFN2O. The van der Waals surface area contributed by atoms with Gasteiger partial charge in [-0.15, -0.1) is 0 Å². The highest BCUT2D eigenvalue weighted by Crippen LogP contribution is 2.08. The van der Waals surface area contributed by atoms with Gasteiger partial charge < -0.3 is 4.90 Å². The molecule has 2 rings (SSSR count). The van der Waals surface area contributed by atoms with Gasteiger partial charge in [-0.2, -0.15) is 0 Å². The van der Waals surface area contributed by atoms with E-state index in [0.717, 1.165) is 43.6 Å². The van der Waals surface area contributed by atoms with E-state index < -0.39 is 0 Å². The molecule has 0 spiro atoms. The molecule has 104 valence electrons. The number of alkyl halides is 1. The number of carbonyl (C=O) groups excluding carboxylic acids is 1. The van der Waals surface area contributed by atoms with Crippen molar-refractivity contribution in [2.75, 3.05) is 38.1 Å². The third kappa shape index (κ3) is 4.28. The van der Waals surface area contributed by atoms with Gasteiger partial charge in [-0.05, 0) is 17.7 Å². The third-order valence-corrected chi connectivity index (χ3v) is 3.75. The van der Waals surface area contributed by atoms with Crippen molar-refractivity contribution in [2.45, 2.75) is 6.42 Å². The fraction of sp³-hybridized carbons (Fsp3) is 0.500. The molecule has 0 bridgehead atoms. The monoisotopic (exact) mass is 328 g/mol. The van der Waals surface area contributed by atoms with E-state index in [1.807, 2.05) is 4.90 Å². The smallest absolute Gasteiger partial charge is 0.227 e. The SMILES string of the molecule is O=C(Cc1ccc(F)cc1)N1CCN(CCBr)CC1. The second-order valence-corrected chi connectivity index (χ2v) is 5.51. The van der Waals surface area contributed by atoms with Crippen LogP contribution in [0.4, 0.5) is 4.39 Å². The third-order valence-electron chi connectivity index (χ3n) is 3.39. The second kappa shape index (κ2) is 7.01. The van der Waals surface area contributed by atoms with Crippen LogP contribution in [0.25, 0.3) is 0 Å². The summed E-state index contributed by atoms with van der Waals surface area (Å²) in [6, 6.07) is 6.15. The zero-order chi connectivity index (χ0) is 13.7. The maximum atomic E-state index is 12.8. The summed E-state index contributed by atoms with van der Waals surface area (Å²) in [5, 5.41) is 0.969. The minimum atomic E-state index is -0.264. The summed E-state index contributed by atoms with van der Waals surface area (Å²) in [6.07, 6.45) is 0.360. The van der Waals surface area contributed by atoms with Crippen LogP contribution in [0.15, 0.2) is 24.3 Å². The quantitative estimate of drug-likeness (QED) is 0.788. The molecule has 0 radical (unpaired) electrons. The lowest BCUT2D eigenvalue weighted by Gasteiger charge is -2.34. The van der Waals surface area contributed by atoms with Gasteiger partial charge in [0.25, 0.3) is 0 Å². The number of hydrogen-bond acceptors (Lipinski definition) is 2. The molecule has 5 heteroatoms. The van der Waals surface area contributed by atoms with Gasteiger partial charge in [0, 0.05) is 38.1 Å². The van der Waals surface area contributed by atoms with Crippen molar-refractivity contribution in [1.29, 1.82) is 0 Å². The van der Waals surface area contributed by atoms with E-state index in [2.05, 4.69) is 20.8 Å². The van der Waals surface area contributed by atoms with Gasteiger partial charge in [0.1, 0.15) is 5.82 Å². The van der Waals surface area contributed by atoms with Crippen molar-refractivity contribution >= 4 is 21.8 Å². The van der Waals surface area contributed by atoms with Crippen LogP contribution in [-0.4, -0.2) is 53.8 Å². The Morgan fingerprint density at radius 3 is 2.37 bits per heavy atom. The van der Waals surface area contributed by atoms with Crippen LogP contribution in [-0.2, 0) is 11.2 Å². The molecule has 1 fully saturated rings. The van der Waals surface area contributed by atoms with E-state index in [-0.39, 0.29) is 11.7 Å². The number of rotatable bonds is 4. The van der Waals surface area contributed by atoms with Gasteiger partial charge in [-0.25, -0.2) is 4.39 Å². The van der Waals surface area contributed by atoms with E-state index in [4.69, 9.17) is 0 Å². The van der Waals surface area contributed by atoms with E-state index >= 15 is 0 Å². The molecule has 0 N–H and O–H groups in total. The lowest BCUT2D eigenvalue weighted by atomic mass is 10.1. The van der Waals surface area contributed by atoms with E-state index in [1.54, 1.807) is 12.1 Å². The average molecular weight is 329 g/mol. The summed E-state index contributed by atoms with van der Waals surface area (Å²) in [5.41, 5.74) is 0.870. The predicted molar refractivity (Wildman–Crippen MR) is 76.9 cm³/mol. The molecule has 0 aliphatic carbocycles. The van der Waals surface area contributed by atoms with Gasteiger partial charge in [-0.3, -0.25) is 9.69 Å². The molecule has 0 aromatic heterocycles. The minimum absolute atomic E-state index is 0.130. The number of nitrogens with zero attached hydrogens (tertiary/aromatic N) is 2. The average Bonchev–Trinajstić information content (AvgIpc) is 2.42. The van der Waals surface area contributed by atoms with Crippen molar-refractivity contribution in [1.82, 2.24) is 9.80 Å². The molecule has 1 aromatic rings. The summed E-state index contributed by atoms with van der Waals surface area (Å²) in [7, 11) is 0. The van der Waals surface area contributed by atoms with Crippen LogP contribution in [0.3, 0.4) is 0 Å². The Labute approximate surface area is 121 Å². The highest BCUT2D eigenvalue weighted by molar-refractivity contribution is 9.09. The summed E-state index contributed by atoms with van der Waals surface area (Å²) in [5.74, 6) is -0.135. The van der Waals surface area contributed by atoms with Gasteiger partial charge in [0.05, 0.1) is 6.42 Å². The number of amides is 1. The zero-order valence-corrected chi connectivity index (χ0v) is 12.4. The standard InChI is InChI=1S/C14H18BrFN2O/c15-5-6-17-7-9-18(10-8-17)14(19)11-12-1-3-13(16)4-2-12/h1-4H,5-11H2. The van der Waals surface area contributed by atoms with Crippen LogP contribution < -0.4 is 0 Å². The van der Waals surface area contributed by atoms with E-state index in [0.29, 0.717) is 6.42 Å². The summed E-state index contributed by atoms with van der Waals surface area (Å²) < 4.78 is 12.8. The summed E-state index contributed by atoms with van der Waals surface area (Å²) >= 11 is 3.43. The molecule has 3 nitrogen and oxygen atoms in total. The minimum Gasteiger partial charge on any atom is -0.340 e. The number of piperazine rings is 1. The van der Waals surface area contributed by atoms with Crippen LogP contribution in [0.2, 0.25) is 0 Å². The molecule has 19 heavy (non-hydrogen) atoms. The number of carbonyl (C=O) groups is 1. The Morgan fingerprint density at radius 1 is 1.16 bits per heavy atom. The van der Waals surface area contributed by atoms with Crippen LogP contribution in [0, 0.1) is 5.82 Å². The van der Waals surface area contributed by atoms with Crippen molar-refractivity contribution < 1.29 is 9.18 Å². The molecule has 1 amide bonds. The normalized spacial score (nSPS) is 16.6. The maximum absolute atomic E-state index is 12.8. The van der Waals surface area contributed by atoms with Gasteiger partial charge in [0.2, 0.25) is 5.91 Å². The molecule has 1 aliphatic heterocycles. The molecule has 0 saturated carbocycles. The Bertz CT molecular complexity index is 416. The van der Waals surface area contributed by atoms with Crippen LogP contribution >= 0.6 is 15.9 Å². The second-order valence-electron chi connectivity index (χ2n) is 4.71. The lowest BCUT2D eigenvalue weighted by molar-refractivity contribution is -0.132. The molecule has 0 atom stereocenters. The van der Waals surface area contributed by atoms with Crippen molar-refractivity contribution in [3.05, 3.63) is 35.6 Å². The first-order chi connectivity index (χ1) is 9.19. The number of halogens is 2. The fourth-order valence-electron chi connectivity index (χ4n) is 2.23. The van der Waals surface area contributed by atoms with Crippen molar-refractivity contribution in [3.8, 4) is 0 Å². The lowest BCUT2D eigenvalue weighted by Crippen LogP contribution is -2.49. The Kier molecular flexibility index (Phi) is 5.34. The van der Waals surface area contributed by atoms with Gasteiger partial charge >= 0.3 is 0 Å². The number of hydrogen-bond donors (Lipinski definition) is 0. The van der Waals surface area contributed by atoms with E-state index in [9.17, 15) is 9.18 Å². The van der Waals surface area contributed by atoms with E-state index in [1.165, 1.54) is 12.1 Å². The van der Waals surface area contributed by atoms with Crippen LogP contribution in [0.5, 0.6) is 0 Å². The molecule has 1 saturated heterocycles. The highest BCUT2D eigenvalue weighted by Gasteiger charge is 2.20. The van der Waals surface area contributed by atoms with Gasteiger partial charge in [-0.1, -0.05) is 28.1 Å². The molecule has 1 aromatic carbocycles. The first-order valence-corrected chi connectivity index (χ1v) is 7.62. The van der Waals surface area contributed by atoms with Crippen LogP contribution in [0.1, 0.15) is 5.56 Å².